The van der Waals surface area contributed by atoms with Gasteiger partial charge >= 0.3 is 0 Å². The average Bonchev–Trinajstić information content (AvgIpc) is 2.94. The first kappa shape index (κ1) is 15.2. The largest absolute Gasteiger partial charge is 0.464 e. The molecule has 0 aliphatic rings. The molecule has 2 heterocycles. The van der Waals surface area contributed by atoms with E-state index < -0.39 is 10.0 Å². The van der Waals surface area contributed by atoms with Gasteiger partial charge in [0, 0.05) is 22.4 Å². The quantitative estimate of drug-likeness (QED) is 0.857. The molecule has 0 atom stereocenters. The molecule has 7 heteroatoms. The summed E-state index contributed by atoms with van der Waals surface area (Å²) in [5.41, 5.74) is 0. The molecule has 2 N–H and O–H groups in total. The van der Waals surface area contributed by atoms with Crippen molar-refractivity contribution in [1.29, 1.82) is 0 Å². The van der Waals surface area contributed by atoms with Gasteiger partial charge in [-0.25, -0.2) is 13.1 Å². The Morgan fingerprint density at radius 3 is 2.60 bits per heavy atom. The number of hydrogen-bond donors (Lipinski definition) is 2. The van der Waals surface area contributed by atoms with Crippen LogP contribution in [0.15, 0.2) is 27.5 Å². The molecule has 0 saturated carbocycles. The van der Waals surface area contributed by atoms with E-state index in [4.69, 9.17) is 4.42 Å². The second kappa shape index (κ2) is 6.09. The minimum Gasteiger partial charge on any atom is -0.464 e. The highest BCUT2D eigenvalue weighted by Gasteiger charge is 2.21. The number of hydrogen-bond acceptors (Lipinski definition) is 5. The third kappa shape index (κ3) is 3.49. The van der Waals surface area contributed by atoms with Gasteiger partial charge in [-0.05, 0) is 33.0 Å². The maximum Gasteiger partial charge on any atom is 0.244 e. The Bertz CT molecular complexity index is 686. The first-order valence-electron chi connectivity index (χ1n) is 6.21. The van der Waals surface area contributed by atoms with E-state index in [1.807, 2.05) is 19.1 Å². The van der Waals surface area contributed by atoms with Crippen molar-refractivity contribution in [3.63, 3.8) is 0 Å². The van der Waals surface area contributed by atoms with Crippen LogP contribution in [0.5, 0.6) is 0 Å². The lowest BCUT2D eigenvalue weighted by Gasteiger charge is -2.03. The normalized spacial score (nSPS) is 11.9. The smallest absolute Gasteiger partial charge is 0.244 e. The van der Waals surface area contributed by atoms with Crippen LogP contribution in [0.2, 0.25) is 0 Å². The number of rotatable bonds is 6. The van der Waals surface area contributed by atoms with E-state index in [0.29, 0.717) is 24.6 Å². The van der Waals surface area contributed by atoms with Crippen LogP contribution in [-0.2, 0) is 23.1 Å². The van der Waals surface area contributed by atoms with Gasteiger partial charge in [0.25, 0.3) is 0 Å². The molecule has 0 aromatic carbocycles. The van der Waals surface area contributed by atoms with Crippen LogP contribution in [0.25, 0.3) is 0 Å². The predicted octanol–water partition coefficient (Wildman–Crippen LogP) is 2.16. The van der Waals surface area contributed by atoms with E-state index in [1.165, 1.54) is 0 Å². The first-order chi connectivity index (χ1) is 9.42. The molecule has 0 spiro atoms. The zero-order valence-corrected chi connectivity index (χ0v) is 13.3. The molecule has 20 heavy (non-hydrogen) atoms. The van der Waals surface area contributed by atoms with Crippen LogP contribution in [0, 0.1) is 13.8 Å². The lowest BCUT2D eigenvalue weighted by atomic mass is 10.4. The summed E-state index contributed by atoms with van der Waals surface area (Å²) in [6, 6.07) is 5.47. The molecular formula is C13H18N2O3S2. The average molecular weight is 314 g/mol. The third-order valence-electron chi connectivity index (χ3n) is 2.80. The number of furan rings is 1. The minimum atomic E-state index is -3.54. The van der Waals surface area contributed by atoms with Crippen molar-refractivity contribution < 1.29 is 12.8 Å². The number of aryl methyl sites for hydroxylation is 2. The van der Waals surface area contributed by atoms with Gasteiger partial charge in [0.15, 0.2) is 0 Å². The molecule has 2 aromatic rings. The molecule has 110 valence electrons. The molecule has 0 aliphatic heterocycles. The molecule has 0 aliphatic carbocycles. The van der Waals surface area contributed by atoms with Gasteiger partial charge in [-0.1, -0.05) is 0 Å². The Hall–Kier alpha value is -1.15. The third-order valence-corrected chi connectivity index (χ3v) is 5.31. The Balaban J connectivity index is 2.13. The van der Waals surface area contributed by atoms with Gasteiger partial charge in [0.2, 0.25) is 10.0 Å². The highest BCUT2D eigenvalue weighted by molar-refractivity contribution is 7.89. The SMILES string of the molecule is CNCc1cc(S(=O)(=O)NCc2ccc(C)s2)c(C)o1. The monoisotopic (exact) mass is 314 g/mol. The fraction of sp³-hybridized carbons (Fsp3) is 0.385. The molecular weight excluding hydrogens is 296 g/mol. The van der Waals surface area contributed by atoms with Crippen LogP contribution in [0.1, 0.15) is 21.3 Å². The van der Waals surface area contributed by atoms with Crippen molar-refractivity contribution in [2.45, 2.75) is 31.8 Å². The molecule has 5 nitrogen and oxygen atoms in total. The van der Waals surface area contributed by atoms with E-state index >= 15 is 0 Å². The summed E-state index contributed by atoms with van der Waals surface area (Å²) in [5.74, 6) is 1.02. The topological polar surface area (TPSA) is 71.3 Å². The molecule has 0 bridgehead atoms. The van der Waals surface area contributed by atoms with Gasteiger partial charge < -0.3 is 9.73 Å². The van der Waals surface area contributed by atoms with E-state index in [2.05, 4.69) is 10.0 Å². The van der Waals surface area contributed by atoms with Crippen LogP contribution in [0.3, 0.4) is 0 Å². The van der Waals surface area contributed by atoms with Crippen molar-refractivity contribution in [3.8, 4) is 0 Å². The summed E-state index contributed by atoms with van der Waals surface area (Å²) in [5, 5.41) is 2.93. The van der Waals surface area contributed by atoms with Gasteiger partial charge in [-0.2, -0.15) is 0 Å². The second-order valence-corrected chi connectivity index (χ2v) is 7.61. The fourth-order valence-electron chi connectivity index (χ4n) is 1.88. The summed E-state index contributed by atoms with van der Waals surface area (Å²) in [6.45, 7) is 4.45. The highest BCUT2D eigenvalue weighted by Crippen LogP contribution is 2.21. The predicted molar refractivity (Wildman–Crippen MR) is 79.3 cm³/mol. The van der Waals surface area contributed by atoms with Crippen molar-refractivity contribution in [2.24, 2.45) is 0 Å². The minimum absolute atomic E-state index is 0.205. The molecule has 0 fully saturated rings. The number of nitrogens with one attached hydrogen (secondary N) is 2. The van der Waals surface area contributed by atoms with Crippen LogP contribution in [-0.4, -0.2) is 15.5 Å². The van der Waals surface area contributed by atoms with Gasteiger partial charge in [0.1, 0.15) is 16.4 Å². The van der Waals surface area contributed by atoms with Gasteiger partial charge in [0.05, 0.1) is 6.54 Å². The summed E-state index contributed by atoms with van der Waals surface area (Å²) < 4.78 is 32.5. The molecule has 0 saturated heterocycles. The van der Waals surface area contributed by atoms with Crippen molar-refractivity contribution in [2.75, 3.05) is 7.05 Å². The summed E-state index contributed by atoms with van der Waals surface area (Å²) >= 11 is 1.58. The van der Waals surface area contributed by atoms with Crippen molar-refractivity contribution in [3.05, 3.63) is 39.5 Å². The Morgan fingerprint density at radius 1 is 1.25 bits per heavy atom. The van der Waals surface area contributed by atoms with Crippen LogP contribution in [0.4, 0.5) is 0 Å². The van der Waals surface area contributed by atoms with E-state index in [0.717, 1.165) is 9.75 Å². The van der Waals surface area contributed by atoms with E-state index in [1.54, 1.807) is 31.4 Å². The van der Waals surface area contributed by atoms with Crippen LogP contribution < -0.4 is 10.0 Å². The highest BCUT2D eigenvalue weighted by atomic mass is 32.2. The number of thiophene rings is 1. The maximum absolute atomic E-state index is 12.3. The molecule has 2 rings (SSSR count). The van der Waals surface area contributed by atoms with Crippen LogP contribution >= 0.6 is 11.3 Å². The zero-order valence-electron chi connectivity index (χ0n) is 11.7. The lowest BCUT2D eigenvalue weighted by Crippen LogP contribution is -2.23. The number of sulfonamides is 1. The molecule has 2 aromatic heterocycles. The van der Waals surface area contributed by atoms with Crippen molar-refractivity contribution in [1.82, 2.24) is 10.0 Å². The molecule has 0 amide bonds. The van der Waals surface area contributed by atoms with Gasteiger partial charge in [-0.15, -0.1) is 11.3 Å². The Morgan fingerprint density at radius 2 is 2.00 bits per heavy atom. The lowest BCUT2D eigenvalue weighted by molar-refractivity contribution is 0.465. The summed E-state index contributed by atoms with van der Waals surface area (Å²) in [7, 11) is -1.76. The standard InChI is InChI=1S/C13H18N2O3S2/c1-9-4-5-12(19-9)8-15-20(16,17)13-6-11(7-14-3)18-10(13)2/h4-6,14-15H,7-8H2,1-3H3. The van der Waals surface area contributed by atoms with E-state index in [9.17, 15) is 8.42 Å². The Kier molecular flexibility index (Phi) is 4.64. The first-order valence-corrected chi connectivity index (χ1v) is 8.51. The zero-order chi connectivity index (χ0) is 14.8. The molecule has 0 unspecified atom stereocenters. The fourth-order valence-corrected chi connectivity index (χ4v) is 4.01. The Labute approximate surface area is 123 Å². The summed E-state index contributed by atoms with van der Waals surface area (Å²) in [4.78, 5) is 2.36. The molecule has 0 radical (unpaired) electrons. The van der Waals surface area contributed by atoms with E-state index in [-0.39, 0.29) is 4.90 Å². The second-order valence-electron chi connectivity index (χ2n) is 4.50. The van der Waals surface area contributed by atoms with Gasteiger partial charge in [-0.3, -0.25) is 0 Å². The summed E-state index contributed by atoms with van der Waals surface area (Å²) in [6.07, 6.45) is 0. The maximum atomic E-state index is 12.3. The van der Waals surface area contributed by atoms with Crippen molar-refractivity contribution >= 4 is 21.4 Å².